The normalized spacial score (nSPS) is 14.3. The predicted molar refractivity (Wildman–Crippen MR) is 79.7 cm³/mol. The van der Waals surface area contributed by atoms with Gasteiger partial charge in [-0.2, -0.15) is 0 Å². The average molecular weight is 297 g/mol. The third-order valence-electron chi connectivity index (χ3n) is 4.14. The van der Waals surface area contributed by atoms with E-state index in [9.17, 15) is 9.59 Å². The molecule has 7 heteroatoms. The van der Waals surface area contributed by atoms with Gasteiger partial charge in [0, 0.05) is 38.5 Å². The van der Waals surface area contributed by atoms with Crippen molar-refractivity contribution < 1.29 is 4.79 Å². The minimum atomic E-state index is -0.130. The quantitative estimate of drug-likeness (QED) is 0.713. The zero-order valence-corrected chi connectivity index (χ0v) is 12.1. The highest BCUT2D eigenvalue weighted by atomic mass is 16.2. The van der Waals surface area contributed by atoms with Gasteiger partial charge in [-0.15, -0.1) is 0 Å². The zero-order chi connectivity index (χ0) is 15.3. The van der Waals surface area contributed by atoms with Crippen LogP contribution >= 0.6 is 0 Å². The number of nitrogens with one attached hydrogen (secondary N) is 1. The second-order valence-corrected chi connectivity index (χ2v) is 5.48. The third kappa shape index (κ3) is 1.78. The first-order valence-corrected chi connectivity index (χ1v) is 7.13. The fraction of sp³-hybridized carbons (Fsp3) is 0.267. The molecule has 3 aromatic heterocycles. The number of aromatic nitrogens is 4. The van der Waals surface area contributed by atoms with Crippen LogP contribution in [0.25, 0.3) is 5.65 Å². The molecule has 0 unspecified atom stereocenters. The molecule has 1 amide bonds. The molecule has 0 spiro atoms. The zero-order valence-electron chi connectivity index (χ0n) is 12.1. The van der Waals surface area contributed by atoms with E-state index in [-0.39, 0.29) is 11.5 Å². The molecule has 1 aliphatic heterocycles. The number of hydrogen-bond acceptors (Lipinski definition) is 3. The molecule has 0 saturated carbocycles. The van der Waals surface area contributed by atoms with E-state index in [1.54, 1.807) is 27.8 Å². The Balaban J connectivity index is 1.73. The van der Waals surface area contributed by atoms with Crippen molar-refractivity contribution in [1.82, 2.24) is 24.1 Å². The summed E-state index contributed by atoms with van der Waals surface area (Å²) in [6, 6.07) is 5.39. The van der Waals surface area contributed by atoms with Crippen LogP contribution in [0.4, 0.5) is 0 Å². The molecule has 7 nitrogen and oxygen atoms in total. The summed E-state index contributed by atoms with van der Waals surface area (Å²) < 4.78 is 3.20. The molecule has 0 fully saturated rings. The molecule has 4 rings (SSSR count). The van der Waals surface area contributed by atoms with Gasteiger partial charge in [-0.3, -0.25) is 14.7 Å². The maximum Gasteiger partial charge on any atom is 0.277 e. The maximum absolute atomic E-state index is 12.6. The summed E-state index contributed by atoms with van der Waals surface area (Å²) >= 11 is 0. The van der Waals surface area contributed by atoms with Crippen LogP contribution in [0.2, 0.25) is 0 Å². The van der Waals surface area contributed by atoms with Crippen molar-refractivity contribution in [2.75, 3.05) is 6.54 Å². The molecule has 1 aliphatic rings. The number of rotatable bonds is 1. The van der Waals surface area contributed by atoms with Crippen LogP contribution in [0.5, 0.6) is 0 Å². The molecule has 1 N–H and O–H groups in total. The molecular weight excluding hydrogens is 282 g/mol. The summed E-state index contributed by atoms with van der Waals surface area (Å²) in [5.41, 5.74) is 2.49. The van der Waals surface area contributed by atoms with Crippen LogP contribution in [-0.2, 0) is 20.0 Å². The Bertz CT molecular complexity index is 933. The molecular formula is C15H15N5O2. The molecule has 22 heavy (non-hydrogen) atoms. The number of aryl methyl sites for hydroxylation is 1. The number of aromatic amines is 1. The highest BCUT2D eigenvalue weighted by molar-refractivity contribution is 5.92. The standard InChI is InChI=1S/C15H15N5O2/c1-18-7-2-3-12(18)15(22)19-8-5-11-10(9-19)14(21)20-13(17-11)4-6-16-20/h2-4,6-7,16H,5,8-9H2,1H3. The van der Waals surface area contributed by atoms with Crippen molar-refractivity contribution in [2.45, 2.75) is 13.0 Å². The number of fused-ring (bicyclic) bond motifs is 2. The first-order chi connectivity index (χ1) is 10.6. The van der Waals surface area contributed by atoms with Crippen LogP contribution in [0.1, 0.15) is 21.7 Å². The lowest BCUT2D eigenvalue weighted by atomic mass is 10.1. The van der Waals surface area contributed by atoms with Gasteiger partial charge in [0.2, 0.25) is 0 Å². The maximum atomic E-state index is 12.6. The van der Waals surface area contributed by atoms with Crippen LogP contribution in [0.15, 0.2) is 35.4 Å². The fourth-order valence-corrected chi connectivity index (χ4v) is 2.94. The van der Waals surface area contributed by atoms with Crippen molar-refractivity contribution in [2.24, 2.45) is 7.05 Å². The van der Waals surface area contributed by atoms with Crippen LogP contribution in [0.3, 0.4) is 0 Å². The van der Waals surface area contributed by atoms with E-state index in [1.165, 1.54) is 4.52 Å². The molecule has 0 saturated heterocycles. The Kier molecular flexibility index (Phi) is 2.69. The van der Waals surface area contributed by atoms with E-state index in [1.807, 2.05) is 19.3 Å². The van der Waals surface area contributed by atoms with Crippen LogP contribution in [-0.4, -0.2) is 36.5 Å². The molecule has 0 bridgehead atoms. The first kappa shape index (κ1) is 12.9. The van der Waals surface area contributed by atoms with E-state index in [0.29, 0.717) is 36.4 Å². The van der Waals surface area contributed by atoms with Gasteiger partial charge < -0.3 is 9.47 Å². The highest BCUT2D eigenvalue weighted by Crippen LogP contribution is 2.17. The minimum Gasteiger partial charge on any atom is -0.347 e. The van der Waals surface area contributed by atoms with Crippen molar-refractivity contribution in [3.05, 3.63) is 57.9 Å². The lowest BCUT2D eigenvalue weighted by Crippen LogP contribution is -2.40. The summed E-state index contributed by atoms with van der Waals surface area (Å²) in [6.45, 7) is 0.872. The van der Waals surface area contributed by atoms with E-state index in [4.69, 9.17) is 0 Å². The van der Waals surface area contributed by atoms with Crippen LogP contribution < -0.4 is 5.56 Å². The van der Waals surface area contributed by atoms with Crippen LogP contribution in [0, 0.1) is 0 Å². The van der Waals surface area contributed by atoms with Crippen molar-refractivity contribution in [1.29, 1.82) is 0 Å². The lowest BCUT2D eigenvalue weighted by Gasteiger charge is -2.27. The Labute approximate surface area is 125 Å². The second-order valence-electron chi connectivity index (χ2n) is 5.48. The van der Waals surface area contributed by atoms with Gasteiger partial charge >= 0.3 is 0 Å². The monoisotopic (exact) mass is 297 g/mol. The molecule has 0 atom stereocenters. The van der Waals surface area contributed by atoms with Gasteiger partial charge in [-0.25, -0.2) is 9.50 Å². The molecule has 0 aromatic carbocycles. The van der Waals surface area contributed by atoms with E-state index < -0.39 is 0 Å². The number of nitrogens with zero attached hydrogens (tertiary/aromatic N) is 4. The van der Waals surface area contributed by atoms with Crippen molar-refractivity contribution >= 4 is 11.6 Å². The number of carbonyl (C=O) groups excluding carboxylic acids is 1. The predicted octanol–water partition coefficient (Wildman–Crippen LogP) is 0.560. The van der Waals surface area contributed by atoms with E-state index in [2.05, 4.69) is 10.1 Å². The Morgan fingerprint density at radius 2 is 2.23 bits per heavy atom. The summed E-state index contributed by atoms with van der Waals surface area (Å²) in [5, 5.41) is 2.85. The number of amides is 1. The topological polar surface area (TPSA) is 75.4 Å². The summed E-state index contributed by atoms with van der Waals surface area (Å²) in [7, 11) is 1.84. The molecule has 0 radical (unpaired) electrons. The molecule has 3 aromatic rings. The second kappa shape index (κ2) is 4.59. The van der Waals surface area contributed by atoms with Gasteiger partial charge in [0.1, 0.15) is 5.69 Å². The fourth-order valence-electron chi connectivity index (χ4n) is 2.94. The smallest absolute Gasteiger partial charge is 0.277 e. The molecule has 0 aliphatic carbocycles. The molecule has 4 heterocycles. The average Bonchev–Trinajstić information content (AvgIpc) is 3.15. The highest BCUT2D eigenvalue weighted by Gasteiger charge is 2.26. The Hall–Kier alpha value is -2.83. The van der Waals surface area contributed by atoms with Gasteiger partial charge in [-0.1, -0.05) is 0 Å². The largest absolute Gasteiger partial charge is 0.347 e. The van der Waals surface area contributed by atoms with Gasteiger partial charge in [0.15, 0.2) is 5.65 Å². The van der Waals surface area contributed by atoms with E-state index >= 15 is 0 Å². The van der Waals surface area contributed by atoms with E-state index in [0.717, 1.165) is 5.69 Å². The van der Waals surface area contributed by atoms with Crippen molar-refractivity contribution in [3.8, 4) is 0 Å². The van der Waals surface area contributed by atoms with Crippen molar-refractivity contribution in [3.63, 3.8) is 0 Å². The third-order valence-corrected chi connectivity index (χ3v) is 4.14. The SMILES string of the molecule is Cn1cccc1C(=O)N1CCc2nc3cc[nH]n3c(=O)c2C1. The molecule has 112 valence electrons. The summed E-state index contributed by atoms with van der Waals surface area (Å²) in [6.07, 6.45) is 4.12. The Morgan fingerprint density at radius 1 is 1.36 bits per heavy atom. The van der Waals surface area contributed by atoms with Gasteiger partial charge in [0.25, 0.3) is 11.5 Å². The Morgan fingerprint density at radius 3 is 3.00 bits per heavy atom. The first-order valence-electron chi connectivity index (χ1n) is 7.13. The van der Waals surface area contributed by atoms with Gasteiger partial charge in [-0.05, 0) is 12.1 Å². The minimum absolute atomic E-state index is 0.0610. The summed E-state index contributed by atoms with van der Waals surface area (Å²) in [5.74, 6) is -0.0610. The summed E-state index contributed by atoms with van der Waals surface area (Å²) in [4.78, 5) is 31.3. The number of carbonyl (C=O) groups is 1. The number of hydrogen-bond donors (Lipinski definition) is 1. The van der Waals surface area contributed by atoms with Gasteiger partial charge in [0.05, 0.1) is 17.8 Å². The number of H-pyrrole nitrogens is 1. The lowest BCUT2D eigenvalue weighted by molar-refractivity contribution is 0.0723.